The lowest BCUT2D eigenvalue weighted by molar-refractivity contribution is -0.124. The fourth-order valence-electron chi connectivity index (χ4n) is 3.85. The van der Waals surface area contributed by atoms with Crippen LogP contribution in [-0.2, 0) is 10.4 Å². The predicted octanol–water partition coefficient (Wildman–Crippen LogP) is 2.27. The highest BCUT2D eigenvalue weighted by Crippen LogP contribution is 2.57. The Morgan fingerprint density at radius 3 is 2.65 bits per heavy atom. The number of carbonyl (C=O) groups is 1. The minimum atomic E-state index is -1.08. The molecule has 2 aliphatic rings. The average Bonchev–Trinajstić information content (AvgIpc) is 2.72. The van der Waals surface area contributed by atoms with Crippen LogP contribution in [0.2, 0.25) is 0 Å². The molecular formula is C16H23NO3. The number of amides is 1. The Bertz CT molecular complexity index is 522. The third-order valence-corrected chi connectivity index (χ3v) is 4.94. The van der Waals surface area contributed by atoms with Crippen molar-refractivity contribution in [3.63, 3.8) is 0 Å². The molecule has 1 aromatic rings. The summed E-state index contributed by atoms with van der Waals surface area (Å²) in [6, 6.07) is 1.84. The predicted molar refractivity (Wildman–Crippen MR) is 75.1 cm³/mol. The minimum absolute atomic E-state index is 0.109. The molecule has 0 saturated heterocycles. The Balaban J connectivity index is 1.60. The maximum atomic E-state index is 12.1. The summed E-state index contributed by atoms with van der Waals surface area (Å²) in [5.74, 6) is 3.02. The van der Waals surface area contributed by atoms with Crippen LogP contribution in [0.5, 0.6) is 0 Å². The first-order valence-corrected chi connectivity index (χ1v) is 7.48. The molecule has 1 heterocycles. The molecule has 20 heavy (non-hydrogen) atoms. The van der Waals surface area contributed by atoms with Crippen LogP contribution in [0.3, 0.4) is 0 Å². The Kier molecular flexibility index (Phi) is 3.16. The third kappa shape index (κ3) is 2.26. The number of hydrogen-bond donors (Lipinski definition) is 2. The molecule has 0 aliphatic heterocycles. The SMILES string of the molecule is Cc1cc(C(C)(O)CNC(=O)C2C3CCCC32)c(C)o1. The maximum absolute atomic E-state index is 12.1. The molecule has 0 bridgehead atoms. The first kappa shape index (κ1) is 13.7. The number of fused-ring (bicyclic) bond motifs is 1. The van der Waals surface area contributed by atoms with E-state index < -0.39 is 5.60 Å². The molecule has 0 radical (unpaired) electrons. The number of hydrogen-bond acceptors (Lipinski definition) is 3. The van der Waals surface area contributed by atoms with E-state index in [9.17, 15) is 9.90 Å². The van der Waals surface area contributed by atoms with Crippen molar-refractivity contribution in [3.8, 4) is 0 Å². The van der Waals surface area contributed by atoms with Crippen LogP contribution in [0.15, 0.2) is 10.5 Å². The van der Waals surface area contributed by atoms with E-state index in [0.29, 0.717) is 17.6 Å². The molecule has 3 unspecified atom stereocenters. The molecule has 0 aromatic carbocycles. The monoisotopic (exact) mass is 277 g/mol. The number of rotatable bonds is 4. The highest BCUT2D eigenvalue weighted by molar-refractivity contribution is 5.82. The van der Waals surface area contributed by atoms with E-state index in [1.54, 1.807) is 6.92 Å². The molecule has 1 amide bonds. The van der Waals surface area contributed by atoms with E-state index in [4.69, 9.17) is 4.42 Å². The summed E-state index contributed by atoms with van der Waals surface area (Å²) in [6.07, 6.45) is 3.66. The Labute approximate surface area is 119 Å². The van der Waals surface area contributed by atoms with Crippen molar-refractivity contribution in [2.24, 2.45) is 17.8 Å². The van der Waals surface area contributed by atoms with Crippen molar-refractivity contribution in [3.05, 3.63) is 23.2 Å². The summed E-state index contributed by atoms with van der Waals surface area (Å²) in [4.78, 5) is 12.1. The van der Waals surface area contributed by atoms with Gasteiger partial charge < -0.3 is 14.8 Å². The van der Waals surface area contributed by atoms with Gasteiger partial charge in [-0.3, -0.25) is 4.79 Å². The zero-order valence-corrected chi connectivity index (χ0v) is 12.4. The maximum Gasteiger partial charge on any atom is 0.223 e. The molecule has 2 N–H and O–H groups in total. The van der Waals surface area contributed by atoms with E-state index in [2.05, 4.69) is 5.32 Å². The van der Waals surface area contributed by atoms with Gasteiger partial charge in [-0.15, -0.1) is 0 Å². The number of nitrogens with one attached hydrogen (secondary N) is 1. The molecule has 2 saturated carbocycles. The molecule has 1 aromatic heterocycles. The summed E-state index contributed by atoms with van der Waals surface area (Å²) < 4.78 is 5.46. The van der Waals surface area contributed by atoms with E-state index in [-0.39, 0.29) is 18.4 Å². The van der Waals surface area contributed by atoms with E-state index in [0.717, 1.165) is 11.3 Å². The molecule has 3 atom stereocenters. The summed E-state index contributed by atoms with van der Waals surface area (Å²) in [6.45, 7) is 5.65. The smallest absolute Gasteiger partial charge is 0.223 e. The number of furan rings is 1. The van der Waals surface area contributed by atoms with Crippen molar-refractivity contribution < 1.29 is 14.3 Å². The summed E-state index contributed by atoms with van der Waals surface area (Å²) >= 11 is 0. The van der Waals surface area contributed by atoms with Gasteiger partial charge in [-0.2, -0.15) is 0 Å². The Hall–Kier alpha value is -1.29. The van der Waals surface area contributed by atoms with E-state index in [1.807, 2.05) is 19.9 Å². The van der Waals surface area contributed by atoms with Gasteiger partial charge >= 0.3 is 0 Å². The topological polar surface area (TPSA) is 62.5 Å². The largest absolute Gasteiger partial charge is 0.466 e. The molecule has 4 heteroatoms. The van der Waals surface area contributed by atoms with Crippen LogP contribution in [0, 0.1) is 31.6 Å². The second kappa shape index (κ2) is 4.62. The van der Waals surface area contributed by atoms with Crippen LogP contribution in [0.4, 0.5) is 0 Å². The van der Waals surface area contributed by atoms with Gasteiger partial charge in [0, 0.05) is 11.5 Å². The van der Waals surface area contributed by atoms with Crippen LogP contribution in [0.25, 0.3) is 0 Å². The van der Waals surface area contributed by atoms with Crippen molar-refractivity contribution in [1.29, 1.82) is 0 Å². The molecule has 2 aliphatic carbocycles. The first-order valence-electron chi connectivity index (χ1n) is 7.48. The van der Waals surface area contributed by atoms with Gasteiger partial charge in [-0.05, 0) is 51.5 Å². The quantitative estimate of drug-likeness (QED) is 0.887. The number of carbonyl (C=O) groups excluding carboxylic acids is 1. The fraction of sp³-hybridized carbons (Fsp3) is 0.688. The van der Waals surface area contributed by atoms with Crippen molar-refractivity contribution in [2.75, 3.05) is 6.54 Å². The van der Waals surface area contributed by atoms with Crippen LogP contribution in [0.1, 0.15) is 43.3 Å². The summed E-state index contributed by atoms with van der Waals surface area (Å²) in [7, 11) is 0. The minimum Gasteiger partial charge on any atom is -0.466 e. The van der Waals surface area contributed by atoms with Crippen LogP contribution < -0.4 is 5.32 Å². The average molecular weight is 277 g/mol. The Morgan fingerprint density at radius 2 is 2.10 bits per heavy atom. The number of aliphatic hydroxyl groups is 1. The molecule has 4 nitrogen and oxygen atoms in total. The first-order chi connectivity index (χ1) is 9.40. The van der Waals surface area contributed by atoms with Crippen molar-refractivity contribution in [1.82, 2.24) is 5.32 Å². The second-order valence-electron chi connectivity index (χ2n) is 6.60. The van der Waals surface area contributed by atoms with Gasteiger partial charge in [0.15, 0.2) is 0 Å². The normalized spacial score (nSPS) is 30.7. The lowest BCUT2D eigenvalue weighted by atomic mass is 9.96. The van der Waals surface area contributed by atoms with Gasteiger partial charge in [-0.1, -0.05) is 6.42 Å². The van der Waals surface area contributed by atoms with Crippen molar-refractivity contribution >= 4 is 5.91 Å². The lowest BCUT2D eigenvalue weighted by Crippen LogP contribution is -2.40. The van der Waals surface area contributed by atoms with Gasteiger partial charge in [0.1, 0.15) is 17.1 Å². The lowest BCUT2D eigenvalue weighted by Gasteiger charge is -2.23. The van der Waals surface area contributed by atoms with Crippen LogP contribution >= 0.6 is 0 Å². The van der Waals surface area contributed by atoms with Crippen molar-refractivity contribution in [2.45, 2.75) is 45.6 Å². The standard InChI is InChI=1S/C16H23NO3/c1-9-7-13(10(2)20-9)16(3,19)8-17-15(18)14-11-5-4-6-12(11)14/h7,11-12,14,19H,4-6,8H2,1-3H3,(H,17,18). The summed E-state index contributed by atoms with van der Waals surface area (Å²) in [5.41, 5.74) is -0.326. The Morgan fingerprint density at radius 1 is 1.45 bits per heavy atom. The fourth-order valence-corrected chi connectivity index (χ4v) is 3.85. The van der Waals surface area contributed by atoms with Gasteiger partial charge in [-0.25, -0.2) is 0 Å². The molecule has 3 rings (SSSR count). The van der Waals surface area contributed by atoms with Gasteiger partial charge in [0.2, 0.25) is 5.91 Å². The third-order valence-electron chi connectivity index (χ3n) is 4.94. The molecule has 2 fully saturated rings. The highest BCUT2D eigenvalue weighted by atomic mass is 16.3. The zero-order chi connectivity index (χ0) is 14.5. The second-order valence-corrected chi connectivity index (χ2v) is 6.60. The molecule has 110 valence electrons. The van der Waals surface area contributed by atoms with Gasteiger partial charge in [0.25, 0.3) is 0 Å². The van der Waals surface area contributed by atoms with E-state index in [1.165, 1.54) is 19.3 Å². The molecule has 0 spiro atoms. The number of aryl methyl sites for hydroxylation is 2. The van der Waals surface area contributed by atoms with Gasteiger partial charge in [0.05, 0.1) is 6.54 Å². The zero-order valence-electron chi connectivity index (χ0n) is 12.4. The highest BCUT2D eigenvalue weighted by Gasteiger charge is 2.56. The summed E-state index contributed by atoms with van der Waals surface area (Å²) in [5, 5.41) is 13.5. The molecular weight excluding hydrogens is 254 g/mol. The van der Waals surface area contributed by atoms with E-state index >= 15 is 0 Å². The van der Waals surface area contributed by atoms with Crippen LogP contribution in [-0.4, -0.2) is 17.6 Å².